The number of amides is 1. The number of hydrogen-bond acceptors (Lipinski definition) is 5. The first kappa shape index (κ1) is 21.1. The molecule has 0 aliphatic rings. The van der Waals surface area contributed by atoms with Crippen LogP contribution in [0.15, 0.2) is 47.6 Å². The molecule has 31 heavy (non-hydrogen) atoms. The number of aromatic nitrogens is 3. The molecule has 158 valence electrons. The number of aryl methyl sites for hydroxylation is 3. The molecule has 0 saturated heterocycles. The van der Waals surface area contributed by atoms with Crippen LogP contribution in [-0.4, -0.2) is 31.5 Å². The van der Waals surface area contributed by atoms with E-state index in [0.717, 1.165) is 22.3 Å². The van der Waals surface area contributed by atoms with Gasteiger partial charge in [0.1, 0.15) is 0 Å². The molecule has 1 unspecified atom stereocenters. The monoisotopic (exact) mass is 432 g/mol. The molecule has 1 atom stereocenters. The Labute approximate surface area is 185 Å². The molecule has 2 aromatic heterocycles. The summed E-state index contributed by atoms with van der Waals surface area (Å²) in [6.07, 6.45) is 0. The number of Topliss-reactive ketones (excluding diaryl/α,β-unsaturated/α-hetero) is 1. The van der Waals surface area contributed by atoms with Crippen molar-refractivity contribution in [2.75, 3.05) is 5.32 Å². The van der Waals surface area contributed by atoms with Crippen molar-refractivity contribution in [1.82, 2.24) is 14.6 Å². The Kier molecular flexibility index (Phi) is 5.54. The molecule has 0 saturated carbocycles. The van der Waals surface area contributed by atoms with Crippen LogP contribution in [0.2, 0.25) is 0 Å². The number of rotatable bonds is 5. The number of carbonyl (C=O) groups is 2. The summed E-state index contributed by atoms with van der Waals surface area (Å²) >= 11 is 1.40. The third kappa shape index (κ3) is 4.05. The van der Waals surface area contributed by atoms with Crippen LogP contribution >= 0.6 is 11.8 Å². The van der Waals surface area contributed by atoms with Crippen LogP contribution in [0.1, 0.15) is 40.9 Å². The molecule has 6 nitrogen and oxygen atoms in total. The van der Waals surface area contributed by atoms with Gasteiger partial charge < -0.3 is 5.32 Å². The zero-order valence-corrected chi connectivity index (χ0v) is 19.0. The zero-order valence-electron chi connectivity index (χ0n) is 18.2. The van der Waals surface area contributed by atoms with Crippen molar-refractivity contribution in [3.8, 4) is 0 Å². The lowest BCUT2D eigenvalue weighted by atomic mass is 10.0. The molecule has 0 aliphatic heterocycles. The van der Waals surface area contributed by atoms with Crippen LogP contribution in [0.5, 0.6) is 0 Å². The van der Waals surface area contributed by atoms with Gasteiger partial charge in [-0.25, -0.2) is 0 Å². The van der Waals surface area contributed by atoms with E-state index in [9.17, 15) is 9.59 Å². The molecule has 0 fully saturated rings. The van der Waals surface area contributed by atoms with Gasteiger partial charge >= 0.3 is 0 Å². The maximum atomic E-state index is 13.0. The van der Waals surface area contributed by atoms with Crippen molar-refractivity contribution in [3.05, 3.63) is 64.7 Å². The van der Waals surface area contributed by atoms with Gasteiger partial charge in [-0.1, -0.05) is 23.4 Å². The summed E-state index contributed by atoms with van der Waals surface area (Å²) in [6, 6.07) is 13.3. The van der Waals surface area contributed by atoms with Crippen molar-refractivity contribution >= 4 is 45.7 Å². The third-order valence-electron chi connectivity index (χ3n) is 5.24. The van der Waals surface area contributed by atoms with Gasteiger partial charge in [-0.3, -0.25) is 14.0 Å². The van der Waals surface area contributed by atoms with Crippen molar-refractivity contribution in [2.45, 2.75) is 45.0 Å². The number of nitrogens with zero attached hydrogens (tertiary/aromatic N) is 3. The van der Waals surface area contributed by atoms with E-state index in [1.54, 1.807) is 24.3 Å². The SMILES string of the molecule is CC(=O)Nc1ccc(C(=O)C(C)Sc2nnc3cc(C)c4cc(C)cc(C)c4n23)cc1. The third-order valence-corrected chi connectivity index (χ3v) is 6.28. The number of hydrogen-bond donors (Lipinski definition) is 1. The predicted octanol–water partition coefficient (Wildman–Crippen LogP) is 5.13. The Morgan fingerprint density at radius 1 is 1.00 bits per heavy atom. The van der Waals surface area contributed by atoms with Crippen molar-refractivity contribution in [1.29, 1.82) is 0 Å². The highest BCUT2D eigenvalue weighted by molar-refractivity contribution is 8.00. The highest BCUT2D eigenvalue weighted by Gasteiger charge is 2.21. The highest BCUT2D eigenvalue weighted by atomic mass is 32.2. The Balaban J connectivity index is 1.67. The standard InChI is InChI=1S/C24H24N4O2S/c1-13-10-15(3)22-20(11-13)14(2)12-21-26-27-24(28(21)22)31-16(4)23(30)18-6-8-19(9-7-18)25-17(5)29/h6-12,16H,1-5H3,(H,25,29). The predicted molar refractivity (Wildman–Crippen MR) is 125 cm³/mol. The fourth-order valence-corrected chi connectivity index (χ4v) is 4.80. The average Bonchev–Trinajstić information content (AvgIpc) is 3.09. The number of benzene rings is 2. The first-order valence-electron chi connectivity index (χ1n) is 10.1. The summed E-state index contributed by atoms with van der Waals surface area (Å²) in [4.78, 5) is 24.2. The van der Waals surface area contributed by atoms with E-state index < -0.39 is 0 Å². The number of pyridine rings is 1. The van der Waals surface area contributed by atoms with Gasteiger partial charge in [-0.2, -0.15) is 0 Å². The van der Waals surface area contributed by atoms with Gasteiger partial charge in [0, 0.05) is 23.6 Å². The van der Waals surface area contributed by atoms with E-state index in [1.165, 1.54) is 29.6 Å². The molecule has 7 heteroatoms. The molecule has 1 amide bonds. The van der Waals surface area contributed by atoms with E-state index >= 15 is 0 Å². The van der Waals surface area contributed by atoms with Crippen LogP contribution in [0.3, 0.4) is 0 Å². The van der Waals surface area contributed by atoms with E-state index in [0.29, 0.717) is 16.4 Å². The Morgan fingerprint density at radius 3 is 2.39 bits per heavy atom. The molecule has 4 rings (SSSR count). The average molecular weight is 433 g/mol. The molecule has 0 radical (unpaired) electrons. The Morgan fingerprint density at radius 2 is 1.71 bits per heavy atom. The number of thioether (sulfide) groups is 1. The van der Waals surface area contributed by atoms with Gasteiger partial charge in [-0.15, -0.1) is 10.2 Å². The zero-order chi connectivity index (χ0) is 22.3. The number of fused-ring (bicyclic) bond motifs is 3. The summed E-state index contributed by atoms with van der Waals surface area (Å²) < 4.78 is 2.05. The smallest absolute Gasteiger partial charge is 0.221 e. The molecule has 2 heterocycles. The molecule has 2 aromatic carbocycles. The quantitative estimate of drug-likeness (QED) is 0.349. The van der Waals surface area contributed by atoms with Gasteiger partial charge in [0.2, 0.25) is 5.91 Å². The summed E-state index contributed by atoms with van der Waals surface area (Å²) in [6.45, 7) is 9.60. The normalized spacial score (nSPS) is 12.3. The number of nitrogens with one attached hydrogen (secondary N) is 1. The summed E-state index contributed by atoms with van der Waals surface area (Å²) in [7, 11) is 0. The molecular weight excluding hydrogens is 408 g/mol. The lowest BCUT2D eigenvalue weighted by molar-refractivity contribution is -0.114. The van der Waals surface area contributed by atoms with Crippen molar-refractivity contribution in [2.24, 2.45) is 0 Å². The van der Waals surface area contributed by atoms with Gasteiger partial charge in [0.05, 0.1) is 10.8 Å². The van der Waals surface area contributed by atoms with E-state index in [-0.39, 0.29) is 16.9 Å². The van der Waals surface area contributed by atoms with Crippen LogP contribution in [0.25, 0.3) is 16.6 Å². The number of anilines is 1. The van der Waals surface area contributed by atoms with Crippen LogP contribution in [-0.2, 0) is 4.79 Å². The van der Waals surface area contributed by atoms with E-state index in [1.807, 2.05) is 17.4 Å². The Bertz CT molecular complexity index is 1330. The second kappa shape index (κ2) is 8.15. The van der Waals surface area contributed by atoms with Crippen molar-refractivity contribution < 1.29 is 9.59 Å². The second-order valence-corrected chi connectivity index (χ2v) is 9.17. The second-order valence-electron chi connectivity index (χ2n) is 7.86. The number of ketones is 1. The van der Waals surface area contributed by atoms with Crippen LogP contribution in [0, 0.1) is 20.8 Å². The fourth-order valence-electron chi connectivity index (χ4n) is 3.86. The molecular formula is C24H24N4O2S. The minimum atomic E-state index is -0.346. The Hall–Kier alpha value is -3.19. The lowest BCUT2D eigenvalue weighted by Crippen LogP contribution is -2.14. The molecule has 4 aromatic rings. The molecule has 0 spiro atoms. The summed E-state index contributed by atoms with van der Waals surface area (Å²) in [5, 5.41) is 13.0. The van der Waals surface area contributed by atoms with Gasteiger partial charge in [0.15, 0.2) is 16.6 Å². The largest absolute Gasteiger partial charge is 0.326 e. The van der Waals surface area contributed by atoms with Gasteiger partial charge in [-0.05, 0) is 75.2 Å². The minimum Gasteiger partial charge on any atom is -0.326 e. The minimum absolute atomic E-state index is 0.000101. The van der Waals surface area contributed by atoms with Gasteiger partial charge in [0.25, 0.3) is 0 Å². The lowest BCUT2D eigenvalue weighted by Gasteiger charge is -2.13. The molecule has 1 N–H and O–H groups in total. The number of carbonyl (C=O) groups excluding carboxylic acids is 2. The first-order valence-corrected chi connectivity index (χ1v) is 11.0. The van der Waals surface area contributed by atoms with Crippen LogP contribution < -0.4 is 5.32 Å². The highest BCUT2D eigenvalue weighted by Crippen LogP contribution is 2.31. The summed E-state index contributed by atoms with van der Waals surface area (Å²) in [5.41, 5.74) is 6.63. The molecule has 0 bridgehead atoms. The van der Waals surface area contributed by atoms with E-state index in [2.05, 4.69) is 48.4 Å². The summed E-state index contributed by atoms with van der Waals surface area (Å²) in [5.74, 6) is -0.144. The molecule has 0 aliphatic carbocycles. The maximum absolute atomic E-state index is 13.0. The topological polar surface area (TPSA) is 76.4 Å². The van der Waals surface area contributed by atoms with Crippen LogP contribution in [0.4, 0.5) is 5.69 Å². The van der Waals surface area contributed by atoms with E-state index in [4.69, 9.17) is 0 Å². The maximum Gasteiger partial charge on any atom is 0.221 e. The van der Waals surface area contributed by atoms with Crippen molar-refractivity contribution in [3.63, 3.8) is 0 Å². The first-order chi connectivity index (χ1) is 14.7. The fraction of sp³-hybridized carbons (Fsp3) is 0.250.